The summed E-state index contributed by atoms with van der Waals surface area (Å²) >= 11 is 0. The molecule has 5 aromatic rings. The van der Waals surface area contributed by atoms with Crippen LogP contribution in [0.25, 0.3) is 39.2 Å². The number of halogens is 3. The van der Waals surface area contributed by atoms with Gasteiger partial charge in [0.1, 0.15) is 24.4 Å². The summed E-state index contributed by atoms with van der Waals surface area (Å²) < 4.78 is 69.5. The van der Waals surface area contributed by atoms with E-state index in [0.29, 0.717) is 34.9 Å². The summed E-state index contributed by atoms with van der Waals surface area (Å²) in [4.78, 5) is 4.98. The van der Waals surface area contributed by atoms with Crippen molar-refractivity contribution in [2.45, 2.75) is 50.9 Å². The molecule has 0 bridgehead atoms. The Morgan fingerprint density at radius 3 is 2.48 bits per heavy atom. The zero-order valence-electron chi connectivity index (χ0n) is 24.8. The lowest BCUT2D eigenvalue weighted by atomic mass is 10.0. The molecule has 0 spiro atoms. The first kappa shape index (κ1) is 28.7. The van der Waals surface area contributed by atoms with E-state index >= 15 is 0 Å². The van der Waals surface area contributed by atoms with Gasteiger partial charge in [-0.2, -0.15) is 5.10 Å². The predicted molar refractivity (Wildman–Crippen MR) is 162 cm³/mol. The molecule has 9 nitrogen and oxygen atoms in total. The fourth-order valence-electron chi connectivity index (χ4n) is 5.72. The fraction of sp³-hybridized carbons (Fsp3) is 0.387. The largest absolute Gasteiger partial charge is 0.573 e. The van der Waals surface area contributed by atoms with Gasteiger partial charge in [-0.3, -0.25) is 4.68 Å². The number of aromatic nitrogens is 6. The van der Waals surface area contributed by atoms with Crippen LogP contribution in [0, 0.1) is 0 Å². The van der Waals surface area contributed by atoms with Gasteiger partial charge in [0, 0.05) is 47.3 Å². The van der Waals surface area contributed by atoms with Crippen LogP contribution in [0.3, 0.4) is 0 Å². The van der Waals surface area contributed by atoms with Crippen LogP contribution in [0.2, 0.25) is 0 Å². The van der Waals surface area contributed by atoms with E-state index in [9.17, 15) is 17.7 Å². The first-order valence-electron chi connectivity index (χ1n) is 14.6. The highest BCUT2D eigenvalue weighted by Crippen LogP contribution is 2.48. The van der Waals surface area contributed by atoms with Crippen molar-refractivity contribution in [3.63, 3.8) is 0 Å². The predicted octanol–water partition coefficient (Wildman–Crippen LogP) is 7.05. The third-order valence-corrected chi connectivity index (χ3v) is 11.1. The average Bonchev–Trinajstić information content (AvgIpc) is 3.90. The highest BCUT2D eigenvalue weighted by molar-refractivity contribution is 7.70. The van der Waals surface area contributed by atoms with Crippen molar-refractivity contribution in [1.82, 2.24) is 29.1 Å². The van der Waals surface area contributed by atoms with Crippen molar-refractivity contribution >= 4 is 23.3 Å². The standard InChI is InChI=1S/C31H32F3N6O3P/c1-5-44(4,41)20-13-14-22(26(15-20)43-31(32,33)34)29-35-27(28(38(29)2)18-9-10-18)21-7-6-8-24-23(21)16-40(36-24)25-17-39(19-11-12-19)37-30(25)42-3/h6-8,13-19H,5,9-12H2,1-4H3/t44-/m0/s1. The quantitative estimate of drug-likeness (QED) is 0.163. The van der Waals surface area contributed by atoms with Gasteiger partial charge >= 0.3 is 6.36 Å². The first-order valence-corrected chi connectivity index (χ1v) is 17.0. The lowest BCUT2D eigenvalue weighted by molar-refractivity contribution is -0.274. The van der Waals surface area contributed by atoms with Gasteiger partial charge in [0.05, 0.1) is 36.1 Å². The molecule has 2 saturated carbocycles. The number of fused-ring (bicyclic) bond motifs is 1. The van der Waals surface area contributed by atoms with Gasteiger partial charge in [0.2, 0.25) is 0 Å². The Balaban J connectivity index is 1.38. The Morgan fingerprint density at radius 2 is 1.82 bits per heavy atom. The number of rotatable bonds is 9. The van der Waals surface area contributed by atoms with Gasteiger partial charge in [0.15, 0.2) is 0 Å². The number of hydrogen-bond acceptors (Lipinski definition) is 6. The van der Waals surface area contributed by atoms with Gasteiger partial charge in [-0.05, 0) is 50.5 Å². The Labute approximate surface area is 252 Å². The topological polar surface area (TPSA) is 89.0 Å². The normalized spacial score (nSPS) is 16.8. The van der Waals surface area contributed by atoms with Crippen molar-refractivity contribution in [3.8, 4) is 40.0 Å². The van der Waals surface area contributed by atoms with Crippen molar-refractivity contribution in [3.05, 3.63) is 54.5 Å². The lowest BCUT2D eigenvalue weighted by Gasteiger charge is -2.17. The third kappa shape index (κ3) is 5.08. The lowest BCUT2D eigenvalue weighted by Crippen LogP contribution is -2.19. The van der Waals surface area contributed by atoms with Crippen LogP contribution in [-0.2, 0) is 11.6 Å². The van der Waals surface area contributed by atoms with Crippen molar-refractivity contribution in [2.24, 2.45) is 7.05 Å². The number of imidazole rings is 1. The highest BCUT2D eigenvalue weighted by Gasteiger charge is 2.36. The van der Waals surface area contributed by atoms with E-state index in [2.05, 4.69) is 9.84 Å². The molecule has 44 heavy (non-hydrogen) atoms. The summed E-state index contributed by atoms with van der Waals surface area (Å²) in [5.41, 5.74) is 4.09. The molecule has 2 aliphatic carbocycles. The number of methoxy groups -OCH3 is 1. The minimum absolute atomic E-state index is 0.179. The summed E-state index contributed by atoms with van der Waals surface area (Å²) in [5, 5.41) is 10.6. The molecule has 0 saturated heterocycles. The van der Waals surface area contributed by atoms with Crippen LogP contribution in [0.5, 0.6) is 11.6 Å². The second kappa shape index (κ2) is 10.3. The van der Waals surface area contributed by atoms with E-state index in [1.807, 2.05) is 46.9 Å². The Morgan fingerprint density at radius 1 is 1.05 bits per heavy atom. The van der Waals surface area contributed by atoms with Crippen molar-refractivity contribution in [1.29, 1.82) is 0 Å². The molecule has 0 amide bonds. The summed E-state index contributed by atoms with van der Waals surface area (Å²) in [7, 11) is 0.550. The molecule has 0 aliphatic heterocycles. The first-order chi connectivity index (χ1) is 21.0. The summed E-state index contributed by atoms with van der Waals surface area (Å²) in [6.07, 6.45) is 3.32. The summed E-state index contributed by atoms with van der Waals surface area (Å²) in [5.74, 6) is 0.622. The molecule has 0 N–H and O–H groups in total. The monoisotopic (exact) mass is 624 g/mol. The molecule has 230 valence electrons. The van der Waals surface area contributed by atoms with Crippen LogP contribution < -0.4 is 14.8 Å². The minimum atomic E-state index is -4.93. The van der Waals surface area contributed by atoms with E-state index in [4.69, 9.17) is 14.8 Å². The molecule has 13 heteroatoms. The van der Waals surface area contributed by atoms with Crippen LogP contribution in [0.1, 0.15) is 50.3 Å². The number of alkyl halides is 3. The molecule has 0 unspecified atom stereocenters. The highest BCUT2D eigenvalue weighted by atomic mass is 31.2. The van der Waals surface area contributed by atoms with E-state index < -0.39 is 19.3 Å². The summed E-state index contributed by atoms with van der Waals surface area (Å²) in [6, 6.07) is 10.6. The molecule has 3 aromatic heterocycles. The third-order valence-electron chi connectivity index (χ3n) is 8.53. The van der Waals surface area contributed by atoms with E-state index in [-0.39, 0.29) is 11.5 Å². The molecule has 2 aromatic carbocycles. The molecule has 3 heterocycles. The number of benzene rings is 2. The molecule has 1 atom stereocenters. The van der Waals surface area contributed by atoms with Crippen molar-refractivity contribution in [2.75, 3.05) is 19.9 Å². The van der Waals surface area contributed by atoms with Gasteiger partial charge in [-0.1, -0.05) is 25.1 Å². The minimum Gasteiger partial charge on any atom is -0.478 e. The van der Waals surface area contributed by atoms with E-state index in [0.717, 1.165) is 53.5 Å². The van der Waals surface area contributed by atoms with Crippen LogP contribution in [-0.4, -0.2) is 55.4 Å². The number of nitrogens with zero attached hydrogens (tertiary/aromatic N) is 6. The summed E-state index contributed by atoms with van der Waals surface area (Å²) in [6.45, 7) is 3.32. The van der Waals surface area contributed by atoms with E-state index in [1.54, 1.807) is 31.4 Å². The molecule has 0 radical (unpaired) electrons. The van der Waals surface area contributed by atoms with Gasteiger partial charge in [-0.15, -0.1) is 18.3 Å². The second-order valence-corrected chi connectivity index (χ2v) is 15.0. The van der Waals surface area contributed by atoms with Crippen LogP contribution >= 0.6 is 7.14 Å². The maximum atomic E-state index is 13.6. The Kier molecular flexibility index (Phi) is 6.69. The zero-order valence-corrected chi connectivity index (χ0v) is 25.7. The van der Waals surface area contributed by atoms with Gasteiger partial charge in [-0.25, -0.2) is 9.67 Å². The van der Waals surface area contributed by atoms with Crippen LogP contribution in [0.15, 0.2) is 48.8 Å². The average molecular weight is 625 g/mol. The maximum absolute atomic E-state index is 13.6. The molecular formula is C31H32F3N6O3P. The molecule has 2 aliphatic rings. The van der Waals surface area contributed by atoms with Crippen molar-refractivity contribution < 1.29 is 27.2 Å². The molecule has 7 rings (SSSR count). The molecule has 2 fully saturated rings. The zero-order chi connectivity index (χ0) is 31.0. The second-order valence-electron chi connectivity index (χ2n) is 11.7. The van der Waals surface area contributed by atoms with Gasteiger partial charge in [0.25, 0.3) is 5.88 Å². The van der Waals surface area contributed by atoms with Crippen LogP contribution in [0.4, 0.5) is 13.2 Å². The smallest absolute Gasteiger partial charge is 0.478 e. The number of ether oxygens (including phenoxy) is 2. The molecular weight excluding hydrogens is 592 g/mol. The maximum Gasteiger partial charge on any atom is 0.573 e. The number of hydrogen-bond donors (Lipinski definition) is 0. The Hall–Kier alpha value is -4.05. The van der Waals surface area contributed by atoms with Gasteiger partial charge < -0.3 is 18.6 Å². The SMILES string of the molecule is CC[P@](C)(=O)c1ccc(-c2nc(-c3cccc4nn(-c5cn(C6CC6)nc5OC)cc34)c(C3CC3)n2C)c(OC(F)(F)F)c1. The fourth-order valence-corrected chi connectivity index (χ4v) is 6.87. The Bertz CT molecular complexity index is 1950. The van der Waals surface area contributed by atoms with E-state index in [1.165, 1.54) is 12.1 Å².